The Hall–Kier alpha value is -1.30. The number of rotatable bonds is 3. The van der Waals surface area contributed by atoms with E-state index in [0.29, 0.717) is 5.56 Å². The van der Waals surface area contributed by atoms with Crippen LogP contribution in [0.4, 0.5) is 4.39 Å². The van der Waals surface area contributed by atoms with Crippen molar-refractivity contribution in [2.24, 2.45) is 5.84 Å². The number of halogens is 1. The normalized spacial score (nSPS) is 16.5. The molecule has 106 valence electrons. The predicted octanol–water partition coefficient (Wildman–Crippen LogP) is 3.10. The second kappa shape index (κ2) is 5.99. The van der Waals surface area contributed by atoms with Crippen LogP contribution >= 0.6 is 11.3 Å². The number of hydrazine groups is 1. The minimum Gasteiger partial charge on any atom is -0.271 e. The predicted molar refractivity (Wildman–Crippen MR) is 78.9 cm³/mol. The Bertz CT molecular complexity index is 573. The molecule has 2 aromatic heterocycles. The lowest BCUT2D eigenvalue weighted by molar-refractivity contribution is 0.559. The molecule has 3 rings (SSSR count). The Morgan fingerprint density at radius 2 is 2.15 bits per heavy atom. The molecule has 0 aliphatic heterocycles. The molecule has 1 aliphatic carbocycles. The summed E-state index contributed by atoms with van der Waals surface area (Å²) in [6.45, 7) is 0. The van der Waals surface area contributed by atoms with E-state index in [0.717, 1.165) is 17.7 Å². The minimum absolute atomic E-state index is 0.296. The topological polar surface area (TPSA) is 50.9 Å². The highest BCUT2D eigenvalue weighted by molar-refractivity contribution is 7.12. The highest BCUT2D eigenvalue weighted by Gasteiger charge is 2.21. The maximum Gasteiger partial charge on any atom is 0.146 e. The van der Waals surface area contributed by atoms with Gasteiger partial charge in [0.05, 0.1) is 12.2 Å². The van der Waals surface area contributed by atoms with Crippen molar-refractivity contribution >= 4 is 11.3 Å². The summed E-state index contributed by atoms with van der Waals surface area (Å²) in [7, 11) is 0. The molecule has 0 aromatic carbocycles. The summed E-state index contributed by atoms with van der Waals surface area (Å²) in [4.78, 5) is 6.32. The summed E-state index contributed by atoms with van der Waals surface area (Å²) in [6, 6.07) is 3.58. The molecule has 0 spiro atoms. The van der Waals surface area contributed by atoms with Crippen LogP contribution in [0.2, 0.25) is 0 Å². The molecule has 0 saturated carbocycles. The fourth-order valence-electron chi connectivity index (χ4n) is 2.78. The van der Waals surface area contributed by atoms with E-state index in [9.17, 15) is 4.39 Å². The van der Waals surface area contributed by atoms with Crippen molar-refractivity contribution in [3.05, 3.63) is 51.2 Å². The van der Waals surface area contributed by atoms with Gasteiger partial charge in [0, 0.05) is 21.5 Å². The van der Waals surface area contributed by atoms with E-state index in [4.69, 9.17) is 5.84 Å². The SMILES string of the molecule is NNC(c1cc2c(s1)CCCCC2)c1ccncc1F. The Balaban J connectivity index is 1.96. The summed E-state index contributed by atoms with van der Waals surface area (Å²) in [5, 5.41) is 0. The number of thiophene rings is 1. The van der Waals surface area contributed by atoms with Gasteiger partial charge in [0.25, 0.3) is 0 Å². The summed E-state index contributed by atoms with van der Waals surface area (Å²) >= 11 is 1.76. The van der Waals surface area contributed by atoms with Crippen LogP contribution in [-0.2, 0) is 12.8 Å². The molecular weight excluding hydrogens is 273 g/mol. The zero-order chi connectivity index (χ0) is 13.9. The van der Waals surface area contributed by atoms with Crippen molar-refractivity contribution in [1.29, 1.82) is 0 Å². The number of nitrogens with one attached hydrogen (secondary N) is 1. The van der Waals surface area contributed by atoms with Gasteiger partial charge in [-0.25, -0.2) is 9.82 Å². The molecule has 3 N–H and O–H groups in total. The number of hydrogen-bond acceptors (Lipinski definition) is 4. The zero-order valence-corrected chi connectivity index (χ0v) is 12.0. The van der Waals surface area contributed by atoms with Gasteiger partial charge >= 0.3 is 0 Å². The molecule has 0 radical (unpaired) electrons. The molecule has 2 heterocycles. The highest BCUT2D eigenvalue weighted by Crippen LogP contribution is 2.35. The van der Waals surface area contributed by atoms with Crippen LogP contribution < -0.4 is 11.3 Å². The Labute approximate surface area is 122 Å². The van der Waals surface area contributed by atoms with Crippen molar-refractivity contribution < 1.29 is 4.39 Å². The fraction of sp³-hybridized carbons (Fsp3) is 0.400. The smallest absolute Gasteiger partial charge is 0.146 e. The molecule has 0 bridgehead atoms. The van der Waals surface area contributed by atoms with Gasteiger partial charge in [0.1, 0.15) is 5.82 Å². The fourth-order valence-corrected chi connectivity index (χ4v) is 4.11. The summed E-state index contributed by atoms with van der Waals surface area (Å²) in [5.74, 6) is 5.34. The largest absolute Gasteiger partial charge is 0.271 e. The van der Waals surface area contributed by atoms with E-state index in [1.54, 1.807) is 23.6 Å². The van der Waals surface area contributed by atoms with Crippen molar-refractivity contribution in [2.45, 2.75) is 38.1 Å². The van der Waals surface area contributed by atoms with Gasteiger partial charge in [-0.3, -0.25) is 10.8 Å². The number of hydrogen-bond donors (Lipinski definition) is 2. The first-order chi connectivity index (χ1) is 9.79. The molecule has 5 heteroatoms. The molecule has 20 heavy (non-hydrogen) atoms. The number of aromatic nitrogens is 1. The Morgan fingerprint density at radius 3 is 2.95 bits per heavy atom. The van der Waals surface area contributed by atoms with Gasteiger partial charge in [-0.05, 0) is 43.4 Å². The molecule has 3 nitrogen and oxygen atoms in total. The molecule has 1 aliphatic rings. The molecule has 1 atom stereocenters. The maximum absolute atomic E-state index is 13.9. The van der Waals surface area contributed by atoms with Gasteiger partial charge in [-0.15, -0.1) is 11.3 Å². The van der Waals surface area contributed by atoms with Crippen molar-refractivity contribution in [1.82, 2.24) is 10.4 Å². The number of aryl methyl sites for hydroxylation is 2. The number of fused-ring (bicyclic) bond motifs is 1. The second-order valence-electron chi connectivity index (χ2n) is 5.15. The summed E-state index contributed by atoms with van der Waals surface area (Å²) in [6.07, 6.45) is 8.89. The van der Waals surface area contributed by atoms with Crippen molar-refractivity contribution in [3.8, 4) is 0 Å². The zero-order valence-electron chi connectivity index (χ0n) is 11.2. The van der Waals surface area contributed by atoms with Crippen LogP contribution in [0.25, 0.3) is 0 Å². The van der Waals surface area contributed by atoms with Gasteiger partial charge in [0.15, 0.2) is 0 Å². The minimum atomic E-state index is -0.320. The number of nitrogens with zero attached hydrogens (tertiary/aromatic N) is 1. The van der Waals surface area contributed by atoms with E-state index in [2.05, 4.69) is 16.5 Å². The van der Waals surface area contributed by atoms with Crippen LogP contribution in [0.1, 0.15) is 46.2 Å². The lowest BCUT2D eigenvalue weighted by Gasteiger charge is -2.15. The Kier molecular flexibility index (Phi) is 4.10. The van der Waals surface area contributed by atoms with Crippen LogP contribution in [0.3, 0.4) is 0 Å². The number of pyridine rings is 1. The van der Waals surface area contributed by atoms with Gasteiger partial charge in [0.2, 0.25) is 0 Å². The van der Waals surface area contributed by atoms with Crippen LogP contribution in [-0.4, -0.2) is 4.98 Å². The average Bonchev–Trinajstić information content (AvgIpc) is 2.72. The molecule has 0 amide bonds. The van der Waals surface area contributed by atoms with E-state index < -0.39 is 0 Å². The average molecular weight is 291 g/mol. The van der Waals surface area contributed by atoms with Gasteiger partial charge in [-0.1, -0.05) is 6.42 Å². The van der Waals surface area contributed by atoms with Crippen LogP contribution in [0, 0.1) is 5.82 Å². The third-order valence-corrected chi connectivity index (χ3v) is 5.13. The lowest BCUT2D eigenvalue weighted by Crippen LogP contribution is -2.29. The lowest BCUT2D eigenvalue weighted by atomic mass is 10.0. The number of nitrogens with two attached hydrogens (primary N) is 1. The molecule has 2 aromatic rings. The van der Waals surface area contributed by atoms with Crippen LogP contribution in [0.15, 0.2) is 24.5 Å². The van der Waals surface area contributed by atoms with Crippen LogP contribution in [0.5, 0.6) is 0 Å². The molecule has 1 unspecified atom stereocenters. The van der Waals surface area contributed by atoms with E-state index >= 15 is 0 Å². The monoisotopic (exact) mass is 291 g/mol. The molecular formula is C15H18FN3S. The third-order valence-electron chi connectivity index (χ3n) is 3.83. The summed E-state index contributed by atoms with van der Waals surface area (Å²) in [5.41, 5.74) is 4.71. The first-order valence-electron chi connectivity index (χ1n) is 6.96. The first kappa shape index (κ1) is 13.7. The quantitative estimate of drug-likeness (QED) is 0.519. The van der Waals surface area contributed by atoms with E-state index in [-0.39, 0.29) is 11.9 Å². The standard InChI is InChI=1S/C15H18FN3S/c16-12-9-18-7-6-11(12)15(19-17)14-8-10-4-2-1-3-5-13(10)20-14/h6-9,15,19H,1-5,17H2. The first-order valence-corrected chi connectivity index (χ1v) is 7.78. The van der Waals surface area contributed by atoms with Gasteiger partial charge < -0.3 is 0 Å². The highest BCUT2D eigenvalue weighted by atomic mass is 32.1. The van der Waals surface area contributed by atoms with Gasteiger partial charge in [-0.2, -0.15) is 0 Å². The van der Waals surface area contributed by atoms with E-state index in [1.807, 2.05) is 0 Å². The second-order valence-corrected chi connectivity index (χ2v) is 6.32. The molecule has 0 fully saturated rings. The van der Waals surface area contributed by atoms with Crippen molar-refractivity contribution in [3.63, 3.8) is 0 Å². The molecule has 0 saturated heterocycles. The van der Waals surface area contributed by atoms with E-state index in [1.165, 1.54) is 35.9 Å². The Morgan fingerprint density at radius 1 is 1.30 bits per heavy atom. The third kappa shape index (κ3) is 2.61. The van der Waals surface area contributed by atoms with Crippen molar-refractivity contribution in [2.75, 3.05) is 0 Å². The summed E-state index contributed by atoms with van der Waals surface area (Å²) < 4.78 is 13.9. The maximum atomic E-state index is 13.9.